The summed E-state index contributed by atoms with van der Waals surface area (Å²) in [4.78, 5) is 14.2. The molecule has 0 spiro atoms. The van der Waals surface area contributed by atoms with E-state index in [-0.39, 0.29) is 36.9 Å². The third-order valence-electron chi connectivity index (χ3n) is 7.61. The topological polar surface area (TPSA) is 99.3 Å². The van der Waals surface area contributed by atoms with Crippen LogP contribution in [0.3, 0.4) is 0 Å². The van der Waals surface area contributed by atoms with Gasteiger partial charge in [-0.15, -0.1) is 0 Å². The predicted molar refractivity (Wildman–Crippen MR) is 150 cm³/mol. The van der Waals surface area contributed by atoms with Gasteiger partial charge in [-0.05, 0) is 66.4 Å². The zero-order chi connectivity index (χ0) is 28.8. The zero-order valence-corrected chi connectivity index (χ0v) is 23.4. The monoisotopic (exact) mass is 573 g/mol. The number of sulfonamides is 1. The van der Waals surface area contributed by atoms with E-state index in [0.717, 1.165) is 26.3 Å². The predicted octanol–water partition coefficient (Wildman–Crippen LogP) is 4.28. The minimum absolute atomic E-state index is 0.00175. The van der Waals surface area contributed by atoms with Crippen molar-refractivity contribution in [3.05, 3.63) is 108 Å². The smallest absolute Gasteiger partial charge is 0.269 e. The Balaban J connectivity index is 1.41. The molecule has 41 heavy (non-hydrogen) atoms. The quantitative estimate of drug-likeness (QED) is 0.275. The molecule has 1 aliphatic heterocycles. The molecule has 1 amide bonds. The second kappa shape index (κ2) is 10.2. The number of fused-ring (bicyclic) bond motifs is 1. The van der Waals surface area contributed by atoms with Crippen LogP contribution in [-0.4, -0.2) is 51.3 Å². The first kappa shape index (κ1) is 26.9. The lowest BCUT2D eigenvalue weighted by Gasteiger charge is -2.30. The molecule has 1 atom stereocenters. The second-order valence-corrected chi connectivity index (χ2v) is 12.2. The standard InChI is InChI=1S/C30H28FN5O4S/c1-21-14-28-23(16-33-36(28)25-10-8-24(31)9-11-25)15-27(21)30(20-40-19-22-6-4-3-5-7-22)12-13-35(29(30)37)41(38,39)26-17-32-34(2)18-26/h3-11,14-18H,12-13,19-20H2,1-2H3. The maximum atomic E-state index is 14.2. The minimum atomic E-state index is -4.12. The average molecular weight is 574 g/mol. The number of carbonyl (C=O) groups is 1. The summed E-state index contributed by atoms with van der Waals surface area (Å²) in [5, 5.41) is 9.25. The highest BCUT2D eigenvalue weighted by atomic mass is 32.2. The van der Waals surface area contributed by atoms with Gasteiger partial charge in [-0.3, -0.25) is 9.48 Å². The Morgan fingerprint density at radius 2 is 1.78 bits per heavy atom. The first-order chi connectivity index (χ1) is 19.7. The van der Waals surface area contributed by atoms with Crippen molar-refractivity contribution < 1.29 is 22.3 Å². The van der Waals surface area contributed by atoms with Crippen molar-refractivity contribution in [2.24, 2.45) is 7.05 Å². The first-order valence-electron chi connectivity index (χ1n) is 13.1. The van der Waals surface area contributed by atoms with Crippen molar-refractivity contribution in [1.82, 2.24) is 23.9 Å². The van der Waals surface area contributed by atoms with Crippen molar-refractivity contribution in [3.63, 3.8) is 0 Å². The van der Waals surface area contributed by atoms with E-state index < -0.39 is 21.3 Å². The molecule has 0 bridgehead atoms. The number of halogens is 1. The number of benzene rings is 3. The Hall–Kier alpha value is -4.35. The van der Waals surface area contributed by atoms with E-state index in [4.69, 9.17) is 4.74 Å². The van der Waals surface area contributed by atoms with Crippen LogP contribution in [0.15, 0.2) is 90.2 Å². The number of carbonyl (C=O) groups excluding carboxylic acids is 1. The van der Waals surface area contributed by atoms with Gasteiger partial charge in [-0.1, -0.05) is 30.3 Å². The summed E-state index contributed by atoms with van der Waals surface area (Å²) in [6.07, 6.45) is 4.56. The van der Waals surface area contributed by atoms with Crippen LogP contribution in [0.1, 0.15) is 23.1 Å². The van der Waals surface area contributed by atoms with Crippen molar-refractivity contribution in [3.8, 4) is 5.69 Å². The SMILES string of the molecule is Cc1cc2c(cnn2-c2ccc(F)cc2)cc1C1(COCc2ccccc2)CCN(S(=O)(=O)c2cnn(C)c2)C1=O. The fourth-order valence-corrected chi connectivity index (χ4v) is 6.93. The molecule has 2 aromatic heterocycles. The Morgan fingerprint density at radius 3 is 2.49 bits per heavy atom. The van der Waals surface area contributed by atoms with Crippen LogP contribution in [0.4, 0.5) is 4.39 Å². The van der Waals surface area contributed by atoms with Crippen LogP contribution < -0.4 is 0 Å². The van der Waals surface area contributed by atoms with Gasteiger partial charge in [0.2, 0.25) is 5.91 Å². The number of hydrogen-bond acceptors (Lipinski definition) is 6. The molecular formula is C30H28FN5O4S. The maximum Gasteiger partial charge on any atom is 0.269 e. The molecule has 0 N–H and O–H groups in total. The highest BCUT2D eigenvalue weighted by molar-refractivity contribution is 7.89. The summed E-state index contributed by atoms with van der Waals surface area (Å²) in [5.74, 6) is -0.880. The molecule has 0 saturated carbocycles. The van der Waals surface area contributed by atoms with Crippen LogP contribution in [0.25, 0.3) is 16.6 Å². The van der Waals surface area contributed by atoms with E-state index in [1.807, 2.05) is 49.4 Å². The Bertz CT molecular complexity index is 1850. The molecule has 3 aromatic carbocycles. The van der Waals surface area contributed by atoms with Crippen LogP contribution in [0, 0.1) is 12.7 Å². The molecule has 210 valence electrons. The number of aromatic nitrogens is 4. The summed E-state index contributed by atoms with van der Waals surface area (Å²) >= 11 is 0. The molecule has 11 heteroatoms. The van der Waals surface area contributed by atoms with Crippen molar-refractivity contribution in [1.29, 1.82) is 0 Å². The average Bonchev–Trinajstić information content (AvgIpc) is 3.67. The van der Waals surface area contributed by atoms with Gasteiger partial charge in [0, 0.05) is 25.2 Å². The van der Waals surface area contributed by atoms with Crippen molar-refractivity contribution >= 4 is 26.8 Å². The van der Waals surface area contributed by atoms with E-state index >= 15 is 0 Å². The maximum absolute atomic E-state index is 14.2. The number of hydrogen-bond donors (Lipinski definition) is 0. The summed E-state index contributed by atoms with van der Waals surface area (Å²) in [7, 11) is -2.49. The van der Waals surface area contributed by atoms with Gasteiger partial charge in [0.15, 0.2) is 0 Å². The van der Waals surface area contributed by atoms with E-state index in [0.29, 0.717) is 11.3 Å². The highest BCUT2D eigenvalue weighted by Gasteiger charge is 2.53. The van der Waals surface area contributed by atoms with Gasteiger partial charge in [0.05, 0.1) is 36.8 Å². The van der Waals surface area contributed by atoms with E-state index in [1.54, 1.807) is 30.1 Å². The molecule has 6 rings (SSSR count). The van der Waals surface area contributed by atoms with Crippen molar-refractivity contribution in [2.75, 3.05) is 13.2 Å². The summed E-state index contributed by atoms with van der Waals surface area (Å²) in [6.45, 7) is 2.17. The lowest BCUT2D eigenvalue weighted by molar-refractivity contribution is -0.130. The van der Waals surface area contributed by atoms with Crippen LogP contribution in [0.2, 0.25) is 0 Å². The number of aryl methyl sites for hydroxylation is 2. The molecule has 1 fully saturated rings. The molecule has 0 radical (unpaired) electrons. The van der Waals surface area contributed by atoms with Gasteiger partial charge in [-0.2, -0.15) is 10.2 Å². The zero-order valence-electron chi connectivity index (χ0n) is 22.6. The fraction of sp³-hybridized carbons (Fsp3) is 0.233. The molecule has 1 saturated heterocycles. The van der Waals surface area contributed by atoms with Crippen molar-refractivity contribution in [2.45, 2.75) is 30.3 Å². The van der Waals surface area contributed by atoms with E-state index in [1.165, 1.54) is 29.2 Å². The van der Waals surface area contributed by atoms with Gasteiger partial charge in [0.25, 0.3) is 10.0 Å². The molecule has 1 unspecified atom stereocenters. The Morgan fingerprint density at radius 1 is 1.02 bits per heavy atom. The lowest BCUT2D eigenvalue weighted by Crippen LogP contribution is -2.44. The van der Waals surface area contributed by atoms with Gasteiger partial charge in [-0.25, -0.2) is 21.8 Å². The number of nitrogens with zero attached hydrogens (tertiary/aromatic N) is 5. The lowest BCUT2D eigenvalue weighted by atomic mass is 9.77. The summed E-state index contributed by atoms with van der Waals surface area (Å²) in [5.41, 5.74) is 2.66. The van der Waals surface area contributed by atoms with Gasteiger partial charge in [0.1, 0.15) is 16.1 Å². The molecular weight excluding hydrogens is 545 g/mol. The highest BCUT2D eigenvalue weighted by Crippen LogP contribution is 2.42. The van der Waals surface area contributed by atoms with E-state index in [2.05, 4.69) is 10.2 Å². The van der Waals surface area contributed by atoms with Crippen LogP contribution in [-0.2, 0) is 38.6 Å². The van der Waals surface area contributed by atoms with Gasteiger partial charge >= 0.3 is 0 Å². The molecule has 0 aliphatic carbocycles. The second-order valence-electron chi connectivity index (χ2n) is 10.3. The molecule has 5 aromatic rings. The Kier molecular flexibility index (Phi) is 6.71. The third-order valence-corrected chi connectivity index (χ3v) is 9.34. The normalized spacial score (nSPS) is 17.5. The summed E-state index contributed by atoms with van der Waals surface area (Å²) in [6, 6.07) is 19.5. The van der Waals surface area contributed by atoms with Gasteiger partial charge < -0.3 is 4.74 Å². The molecule has 3 heterocycles. The fourth-order valence-electron chi connectivity index (χ4n) is 5.49. The first-order valence-corrected chi connectivity index (χ1v) is 14.6. The minimum Gasteiger partial charge on any atom is -0.375 e. The van der Waals surface area contributed by atoms with E-state index in [9.17, 15) is 17.6 Å². The number of ether oxygens (including phenoxy) is 1. The van der Waals surface area contributed by atoms with Crippen LogP contribution in [0.5, 0.6) is 0 Å². The number of rotatable bonds is 8. The third kappa shape index (κ3) is 4.70. The largest absolute Gasteiger partial charge is 0.375 e. The summed E-state index contributed by atoms with van der Waals surface area (Å²) < 4.78 is 50.8. The molecule has 1 aliphatic rings. The number of amides is 1. The molecule has 9 nitrogen and oxygen atoms in total. The van der Waals surface area contributed by atoms with Crippen LogP contribution >= 0.6 is 0 Å². The Labute approximate surface area is 236 Å².